The molecule has 3 amide bonds. The van der Waals surface area contributed by atoms with Crippen molar-refractivity contribution in [2.45, 2.75) is 11.8 Å². The lowest BCUT2D eigenvalue weighted by atomic mass is 10.1. The number of hydrogen-bond acceptors (Lipinski definition) is 9. The first kappa shape index (κ1) is 28.1. The van der Waals surface area contributed by atoms with Gasteiger partial charge < -0.3 is 10.6 Å². The van der Waals surface area contributed by atoms with Crippen LogP contribution >= 0.6 is 23.1 Å². The van der Waals surface area contributed by atoms with Crippen molar-refractivity contribution in [3.05, 3.63) is 111 Å². The van der Waals surface area contributed by atoms with Gasteiger partial charge in [0.25, 0.3) is 17.5 Å². The van der Waals surface area contributed by atoms with Crippen LogP contribution in [0, 0.1) is 17.0 Å². The highest BCUT2D eigenvalue weighted by Crippen LogP contribution is 2.23. The van der Waals surface area contributed by atoms with E-state index in [1.807, 2.05) is 0 Å². The largest absolute Gasteiger partial charge is 0.321 e. The minimum absolute atomic E-state index is 0.0625. The Morgan fingerprint density at radius 2 is 1.73 bits per heavy atom. The third kappa shape index (κ3) is 8.06. The van der Waals surface area contributed by atoms with Gasteiger partial charge in [-0.15, -0.1) is 22.0 Å². The van der Waals surface area contributed by atoms with Crippen molar-refractivity contribution in [1.29, 1.82) is 0 Å². The zero-order valence-corrected chi connectivity index (χ0v) is 22.6. The molecule has 1 aromatic heterocycles. The molecule has 3 aromatic carbocycles. The Balaban J connectivity index is 1.47. The third-order valence-electron chi connectivity index (χ3n) is 5.18. The summed E-state index contributed by atoms with van der Waals surface area (Å²) in [5.74, 6) is -1.22. The monoisotopic (exact) mass is 574 g/mol. The van der Waals surface area contributed by atoms with Crippen molar-refractivity contribution in [2.75, 3.05) is 16.4 Å². The van der Waals surface area contributed by atoms with E-state index in [-0.39, 0.29) is 23.0 Å². The number of hydrogen-bond donors (Lipinski definition) is 3. The van der Waals surface area contributed by atoms with Gasteiger partial charge in [0.1, 0.15) is 10.7 Å². The second kappa shape index (κ2) is 13.3. The normalized spacial score (nSPS) is 11.0. The van der Waals surface area contributed by atoms with Crippen LogP contribution in [0.5, 0.6) is 0 Å². The van der Waals surface area contributed by atoms with Gasteiger partial charge in [-0.2, -0.15) is 0 Å². The highest BCUT2D eigenvalue weighted by atomic mass is 32.2. The van der Waals surface area contributed by atoms with Crippen molar-refractivity contribution >= 4 is 63.4 Å². The summed E-state index contributed by atoms with van der Waals surface area (Å²) in [6.45, 7) is 1.79. The Morgan fingerprint density at radius 3 is 2.40 bits per heavy atom. The molecule has 0 atom stereocenters. The van der Waals surface area contributed by atoms with Crippen molar-refractivity contribution in [2.24, 2.45) is 0 Å². The standard InChI is InChI=1S/C27H22N6O5S2/c1-17-31-32-27(40-17)30-24(34)16-39-22-9-5-8-20(15-22)28-26(36)23(29-25(35)19-6-3-2-4-7-19)14-18-10-12-21(13-11-18)33(37)38/h2-15H,16H2,1H3,(H,28,36)(H,29,35)(H,30,32,34)/b23-14+. The first-order valence-electron chi connectivity index (χ1n) is 11.7. The third-order valence-corrected chi connectivity index (χ3v) is 6.93. The van der Waals surface area contributed by atoms with Gasteiger partial charge in [-0.1, -0.05) is 35.6 Å². The number of nitro benzene ring substituents is 1. The van der Waals surface area contributed by atoms with Crippen molar-refractivity contribution in [3.8, 4) is 0 Å². The summed E-state index contributed by atoms with van der Waals surface area (Å²) in [6.07, 6.45) is 1.43. The summed E-state index contributed by atoms with van der Waals surface area (Å²) in [5.41, 5.74) is 1.11. The average molecular weight is 575 g/mol. The predicted molar refractivity (Wildman–Crippen MR) is 154 cm³/mol. The molecule has 11 nitrogen and oxygen atoms in total. The van der Waals surface area contributed by atoms with E-state index in [2.05, 4.69) is 26.1 Å². The van der Waals surface area contributed by atoms with Crippen LogP contribution in [0.3, 0.4) is 0 Å². The summed E-state index contributed by atoms with van der Waals surface area (Å²) in [7, 11) is 0. The fourth-order valence-electron chi connectivity index (χ4n) is 3.31. The lowest BCUT2D eigenvalue weighted by Crippen LogP contribution is -2.30. The highest BCUT2D eigenvalue weighted by Gasteiger charge is 2.16. The van der Waals surface area contributed by atoms with Gasteiger partial charge in [0, 0.05) is 28.3 Å². The molecule has 0 fully saturated rings. The molecule has 0 aliphatic heterocycles. The number of benzene rings is 3. The molecule has 0 bridgehead atoms. The molecule has 0 aliphatic rings. The van der Waals surface area contributed by atoms with Crippen molar-refractivity contribution < 1.29 is 19.3 Å². The number of amides is 3. The van der Waals surface area contributed by atoms with Crippen molar-refractivity contribution in [3.63, 3.8) is 0 Å². The molecular formula is C27H22N6O5S2. The Labute approximate surface area is 236 Å². The minimum Gasteiger partial charge on any atom is -0.321 e. The SMILES string of the molecule is Cc1nnc(NC(=O)CSc2cccc(NC(=O)/C(=C\c3ccc([N+](=O)[O-])cc3)NC(=O)c3ccccc3)c2)s1. The van der Waals surface area contributed by atoms with Crippen LogP contribution in [0.2, 0.25) is 0 Å². The van der Waals surface area contributed by atoms with Gasteiger partial charge >= 0.3 is 0 Å². The number of carbonyl (C=O) groups excluding carboxylic acids is 3. The van der Waals surface area contributed by atoms with Gasteiger partial charge in [-0.25, -0.2) is 0 Å². The van der Waals surface area contributed by atoms with E-state index < -0.39 is 16.7 Å². The number of anilines is 2. The summed E-state index contributed by atoms with van der Waals surface area (Å²) in [4.78, 5) is 49.5. The predicted octanol–water partition coefficient (Wildman–Crippen LogP) is 4.90. The lowest BCUT2D eigenvalue weighted by Gasteiger charge is -2.12. The molecule has 4 rings (SSSR count). The first-order valence-corrected chi connectivity index (χ1v) is 13.5. The van der Waals surface area contributed by atoms with E-state index in [1.54, 1.807) is 61.5 Å². The maximum absolute atomic E-state index is 13.3. The van der Waals surface area contributed by atoms with Gasteiger partial charge in [0.2, 0.25) is 11.0 Å². The Hall–Kier alpha value is -4.88. The number of nitrogens with zero attached hydrogens (tertiary/aromatic N) is 3. The molecule has 202 valence electrons. The molecule has 0 saturated carbocycles. The number of carbonyl (C=O) groups is 3. The van der Waals surface area contributed by atoms with Gasteiger partial charge in [0.15, 0.2) is 0 Å². The first-order chi connectivity index (χ1) is 19.3. The van der Waals surface area contributed by atoms with Crippen LogP contribution in [-0.2, 0) is 9.59 Å². The van der Waals surface area contributed by atoms with E-state index in [0.29, 0.717) is 21.9 Å². The van der Waals surface area contributed by atoms with Crippen LogP contribution in [0.1, 0.15) is 20.9 Å². The molecular weight excluding hydrogens is 552 g/mol. The molecule has 1 heterocycles. The number of thioether (sulfide) groups is 1. The van der Waals surface area contributed by atoms with Crippen LogP contribution in [-0.4, -0.2) is 38.6 Å². The number of aryl methyl sites for hydroxylation is 1. The molecule has 0 aliphatic carbocycles. The Morgan fingerprint density at radius 1 is 0.975 bits per heavy atom. The topological polar surface area (TPSA) is 156 Å². The van der Waals surface area contributed by atoms with E-state index in [0.717, 1.165) is 9.90 Å². The van der Waals surface area contributed by atoms with Crippen LogP contribution < -0.4 is 16.0 Å². The van der Waals surface area contributed by atoms with E-state index >= 15 is 0 Å². The van der Waals surface area contributed by atoms with Gasteiger partial charge in [-0.3, -0.25) is 29.8 Å². The summed E-state index contributed by atoms with van der Waals surface area (Å²) in [6, 6.07) is 20.9. The smallest absolute Gasteiger partial charge is 0.272 e. The highest BCUT2D eigenvalue weighted by molar-refractivity contribution is 8.00. The van der Waals surface area contributed by atoms with Crippen LogP contribution in [0.25, 0.3) is 6.08 Å². The Kier molecular flexibility index (Phi) is 9.33. The quantitative estimate of drug-likeness (QED) is 0.105. The number of nitro groups is 1. The number of rotatable bonds is 10. The maximum Gasteiger partial charge on any atom is 0.272 e. The lowest BCUT2D eigenvalue weighted by molar-refractivity contribution is -0.384. The fourth-order valence-corrected chi connectivity index (χ4v) is 4.68. The van der Waals surface area contributed by atoms with Gasteiger partial charge in [-0.05, 0) is 61.0 Å². The summed E-state index contributed by atoms with van der Waals surface area (Å²) < 4.78 is 0. The molecule has 0 radical (unpaired) electrons. The molecule has 4 aromatic rings. The summed E-state index contributed by atoms with van der Waals surface area (Å²) >= 11 is 2.55. The average Bonchev–Trinajstić information content (AvgIpc) is 3.36. The minimum atomic E-state index is -0.603. The number of nitrogens with one attached hydrogen (secondary N) is 3. The summed E-state index contributed by atoms with van der Waals surface area (Å²) in [5, 5.41) is 28.0. The van der Waals surface area contributed by atoms with Crippen LogP contribution in [0.15, 0.2) is 89.5 Å². The molecule has 13 heteroatoms. The second-order valence-electron chi connectivity index (χ2n) is 8.17. The van der Waals surface area contributed by atoms with Gasteiger partial charge in [0.05, 0.1) is 10.7 Å². The second-order valence-corrected chi connectivity index (χ2v) is 10.4. The van der Waals surface area contributed by atoms with E-state index in [9.17, 15) is 24.5 Å². The molecule has 3 N–H and O–H groups in total. The molecule has 0 spiro atoms. The molecule has 40 heavy (non-hydrogen) atoms. The molecule has 0 saturated heterocycles. The van der Waals surface area contributed by atoms with Crippen LogP contribution in [0.4, 0.5) is 16.5 Å². The Bertz CT molecular complexity index is 1570. The maximum atomic E-state index is 13.3. The number of aromatic nitrogens is 2. The van der Waals surface area contributed by atoms with Crippen molar-refractivity contribution in [1.82, 2.24) is 15.5 Å². The zero-order chi connectivity index (χ0) is 28.5. The zero-order valence-electron chi connectivity index (χ0n) is 21.0. The van der Waals surface area contributed by atoms with E-state index in [4.69, 9.17) is 0 Å². The van der Waals surface area contributed by atoms with E-state index in [1.165, 1.54) is 53.4 Å². The number of non-ortho nitro benzene ring substituents is 1. The fraction of sp³-hybridized carbons (Fsp3) is 0.0741. The molecule has 0 unspecified atom stereocenters.